The molecule has 0 bridgehead atoms. The number of aryl methyl sites for hydroxylation is 1. The lowest BCUT2D eigenvalue weighted by Gasteiger charge is -2.27. The number of unbranched alkanes of at least 4 members (excludes halogenated alkanes) is 1. The predicted molar refractivity (Wildman–Crippen MR) is 89.4 cm³/mol. The minimum absolute atomic E-state index is 0.518. The van der Waals surface area contributed by atoms with Gasteiger partial charge in [-0.2, -0.15) is 0 Å². The van der Waals surface area contributed by atoms with Crippen LogP contribution in [0, 0.1) is 0 Å². The van der Waals surface area contributed by atoms with Crippen LogP contribution in [0.25, 0.3) is 0 Å². The van der Waals surface area contributed by atoms with Crippen molar-refractivity contribution in [1.82, 2.24) is 10.2 Å². The minimum Gasteiger partial charge on any atom is -0.399 e. The lowest BCUT2D eigenvalue weighted by Crippen LogP contribution is -2.27. The summed E-state index contributed by atoms with van der Waals surface area (Å²) in [7, 11) is 0. The van der Waals surface area contributed by atoms with Gasteiger partial charge in [-0.15, -0.1) is 0 Å². The molecule has 3 rings (SSSR count). The molecule has 2 aliphatic rings. The Morgan fingerprint density at radius 3 is 2.86 bits per heavy atom. The van der Waals surface area contributed by atoms with Crippen LogP contribution >= 0.6 is 0 Å². The lowest BCUT2D eigenvalue weighted by atomic mass is 9.87. The quantitative estimate of drug-likeness (QED) is 0.624. The SMILES string of the molecule is Nc1ccc2c(c1)C(NCCCCN1CCCC1)CCC2. The highest BCUT2D eigenvalue weighted by molar-refractivity contribution is 5.46. The maximum atomic E-state index is 5.96. The molecule has 3 N–H and O–H groups in total. The average Bonchev–Trinajstić information content (AvgIpc) is 3.00. The van der Waals surface area contributed by atoms with Gasteiger partial charge in [0, 0.05) is 11.7 Å². The number of fused-ring (bicyclic) bond motifs is 1. The number of nitrogens with one attached hydrogen (secondary N) is 1. The van der Waals surface area contributed by atoms with Crippen LogP contribution in [0.3, 0.4) is 0 Å². The summed E-state index contributed by atoms with van der Waals surface area (Å²) in [6, 6.07) is 6.95. The average molecular weight is 287 g/mol. The number of hydrogen-bond donors (Lipinski definition) is 2. The van der Waals surface area contributed by atoms with Gasteiger partial charge >= 0.3 is 0 Å². The van der Waals surface area contributed by atoms with E-state index < -0.39 is 0 Å². The van der Waals surface area contributed by atoms with Crippen molar-refractivity contribution in [3.63, 3.8) is 0 Å². The van der Waals surface area contributed by atoms with E-state index in [0.29, 0.717) is 6.04 Å². The van der Waals surface area contributed by atoms with E-state index >= 15 is 0 Å². The molecule has 0 amide bonds. The Hall–Kier alpha value is -1.06. The van der Waals surface area contributed by atoms with Crippen LogP contribution in [-0.2, 0) is 6.42 Å². The van der Waals surface area contributed by atoms with Gasteiger partial charge in [0.05, 0.1) is 0 Å². The Morgan fingerprint density at radius 2 is 2.00 bits per heavy atom. The number of likely N-dealkylation sites (tertiary alicyclic amines) is 1. The number of benzene rings is 1. The summed E-state index contributed by atoms with van der Waals surface area (Å²) in [5.41, 5.74) is 9.79. The van der Waals surface area contributed by atoms with E-state index in [1.165, 1.54) is 75.7 Å². The Morgan fingerprint density at radius 1 is 1.14 bits per heavy atom. The summed E-state index contributed by atoms with van der Waals surface area (Å²) < 4.78 is 0. The lowest BCUT2D eigenvalue weighted by molar-refractivity contribution is 0.326. The first-order valence-corrected chi connectivity index (χ1v) is 8.67. The van der Waals surface area contributed by atoms with E-state index in [1.54, 1.807) is 0 Å². The fourth-order valence-corrected chi connectivity index (χ4v) is 3.77. The molecule has 1 aliphatic heterocycles. The minimum atomic E-state index is 0.518. The van der Waals surface area contributed by atoms with Crippen LogP contribution in [0.1, 0.15) is 55.7 Å². The Bertz CT molecular complexity index is 452. The smallest absolute Gasteiger partial charge is 0.0323 e. The van der Waals surface area contributed by atoms with Crippen molar-refractivity contribution >= 4 is 5.69 Å². The van der Waals surface area contributed by atoms with E-state index in [1.807, 2.05) is 6.07 Å². The van der Waals surface area contributed by atoms with Crippen molar-refractivity contribution in [2.75, 3.05) is 31.9 Å². The summed E-state index contributed by atoms with van der Waals surface area (Å²) >= 11 is 0. The van der Waals surface area contributed by atoms with Crippen molar-refractivity contribution in [1.29, 1.82) is 0 Å². The third kappa shape index (κ3) is 3.98. The van der Waals surface area contributed by atoms with Gasteiger partial charge < -0.3 is 16.0 Å². The molecule has 0 spiro atoms. The zero-order valence-corrected chi connectivity index (χ0v) is 13.1. The topological polar surface area (TPSA) is 41.3 Å². The summed E-state index contributed by atoms with van der Waals surface area (Å²) in [4.78, 5) is 2.61. The number of nitrogens with two attached hydrogens (primary N) is 1. The van der Waals surface area contributed by atoms with Crippen molar-refractivity contribution in [2.45, 2.75) is 51.0 Å². The molecule has 3 heteroatoms. The van der Waals surface area contributed by atoms with Crippen LogP contribution in [0.4, 0.5) is 5.69 Å². The molecular weight excluding hydrogens is 258 g/mol. The van der Waals surface area contributed by atoms with E-state index in [0.717, 1.165) is 12.2 Å². The van der Waals surface area contributed by atoms with Crippen LogP contribution in [0.2, 0.25) is 0 Å². The third-order valence-corrected chi connectivity index (χ3v) is 4.97. The first-order valence-electron chi connectivity index (χ1n) is 8.67. The van der Waals surface area contributed by atoms with Gasteiger partial charge in [-0.25, -0.2) is 0 Å². The highest BCUT2D eigenvalue weighted by Gasteiger charge is 2.19. The number of anilines is 1. The molecule has 3 nitrogen and oxygen atoms in total. The fourth-order valence-electron chi connectivity index (χ4n) is 3.77. The Kier molecular flexibility index (Phi) is 5.15. The predicted octanol–water partition coefficient (Wildman–Crippen LogP) is 3.11. The van der Waals surface area contributed by atoms with Gasteiger partial charge in [-0.1, -0.05) is 6.07 Å². The van der Waals surface area contributed by atoms with E-state index in [4.69, 9.17) is 5.73 Å². The van der Waals surface area contributed by atoms with Crippen LogP contribution < -0.4 is 11.1 Å². The van der Waals surface area contributed by atoms with Gasteiger partial charge in [0.1, 0.15) is 0 Å². The molecule has 0 radical (unpaired) electrons. The van der Waals surface area contributed by atoms with Crippen molar-refractivity contribution < 1.29 is 0 Å². The largest absolute Gasteiger partial charge is 0.399 e. The molecule has 116 valence electrons. The Labute approximate surface area is 128 Å². The number of rotatable bonds is 6. The van der Waals surface area contributed by atoms with Crippen LogP contribution in [0.15, 0.2) is 18.2 Å². The summed E-state index contributed by atoms with van der Waals surface area (Å²) in [6.07, 6.45) is 9.17. The first kappa shape index (κ1) is 14.9. The van der Waals surface area contributed by atoms with Crippen molar-refractivity contribution in [3.05, 3.63) is 29.3 Å². The van der Waals surface area contributed by atoms with Crippen molar-refractivity contribution in [3.8, 4) is 0 Å². The molecule has 1 unspecified atom stereocenters. The number of nitrogen functional groups attached to an aromatic ring is 1. The fraction of sp³-hybridized carbons (Fsp3) is 0.667. The third-order valence-electron chi connectivity index (χ3n) is 4.97. The summed E-state index contributed by atoms with van der Waals surface area (Å²) in [5, 5.41) is 3.76. The molecule has 1 saturated heterocycles. The molecule has 1 fully saturated rings. The van der Waals surface area contributed by atoms with Crippen molar-refractivity contribution in [2.24, 2.45) is 0 Å². The van der Waals surface area contributed by atoms with Gasteiger partial charge in [0.2, 0.25) is 0 Å². The van der Waals surface area contributed by atoms with Gasteiger partial charge in [-0.05, 0) is 94.4 Å². The highest BCUT2D eigenvalue weighted by atomic mass is 15.1. The summed E-state index contributed by atoms with van der Waals surface area (Å²) in [6.45, 7) is 5.06. The molecule has 1 heterocycles. The van der Waals surface area contributed by atoms with Gasteiger partial charge in [-0.3, -0.25) is 0 Å². The maximum absolute atomic E-state index is 5.96. The molecule has 0 aromatic heterocycles. The van der Waals surface area contributed by atoms with E-state index in [-0.39, 0.29) is 0 Å². The van der Waals surface area contributed by atoms with Gasteiger partial charge in [0.25, 0.3) is 0 Å². The highest BCUT2D eigenvalue weighted by Crippen LogP contribution is 2.31. The Balaban J connectivity index is 1.42. The summed E-state index contributed by atoms with van der Waals surface area (Å²) in [5.74, 6) is 0. The van der Waals surface area contributed by atoms with E-state index in [2.05, 4.69) is 22.3 Å². The molecule has 1 aromatic rings. The molecule has 1 aromatic carbocycles. The monoisotopic (exact) mass is 287 g/mol. The zero-order chi connectivity index (χ0) is 14.5. The molecule has 21 heavy (non-hydrogen) atoms. The molecule has 1 aliphatic carbocycles. The van der Waals surface area contributed by atoms with Crippen LogP contribution in [0.5, 0.6) is 0 Å². The molecule has 0 saturated carbocycles. The second-order valence-electron chi connectivity index (χ2n) is 6.61. The second kappa shape index (κ2) is 7.28. The maximum Gasteiger partial charge on any atom is 0.0323 e. The van der Waals surface area contributed by atoms with Gasteiger partial charge in [0.15, 0.2) is 0 Å². The molecule has 1 atom stereocenters. The number of hydrogen-bond acceptors (Lipinski definition) is 3. The molecular formula is C18H29N3. The first-order chi connectivity index (χ1) is 10.3. The van der Waals surface area contributed by atoms with Crippen LogP contribution in [-0.4, -0.2) is 31.1 Å². The van der Waals surface area contributed by atoms with E-state index in [9.17, 15) is 0 Å². The second-order valence-corrected chi connectivity index (χ2v) is 6.61. The zero-order valence-electron chi connectivity index (χ0n) is 13.1. The normalized spacial score (nSPS) is 22.4. The number of nitrogens with zero attached hydrogens (tertiary/aromatic N) is 1. The standard InChI is InChI=1S/C18H29N3/c19-16-9-8-15-6-5-7-18(17(15)14-16)20-10-1-2-11-21-12-3-4-13-21/h8-9,14,18,20H,1-7,10-13,19H2.